The fourth-order valence-corrected chi connectivity index (χ4v) is 2.55. The van der Waals surface area contributed by atoms with Crippen molar-refractivity contribution in [3.8, 4) is 11.5 Å². The van der Waals surface area contributed by atoms with E-state index in [1.54, 1.807) is 18.2 Å². The summed E-state index contributed by atoms with van der Waals surface area (Å²) in [4.78, 5) is 14.2. The highest BCUT2D eigenvalue weighted by Crippen LogP contribution is 2.31. The van der Waals surface area contributed by atoms with Crippen LogP contribution < -0.4 is 15.2 Å². The summed E-state index contributed by atoms with van der Waals surface area (Å²) in [5.74, 6) is 1.38. The first-order valence-corrected chi connectivity index (χ1v) is 6.68. The quantitative estimate of drug-likeness (QED) is 0.820. The number of rotatable bonds is 1. The zero-order valence-electron chi connectivity index (χ0n) is 10.8. The molecule has 5 nitrogen and oxygen atoms in total. The third kappa shape index (κ3) is 2.51. The fourth-order valence-electron chi connectivity index (χ4n) is 2.55. The summed E-state index contributed by atoms with van der Waals surface area (Å²) >= 11 is 0. The van der Waals surface area contributed by atoms with E-state index in [-0.39, 0.29) is 11.9 Å². The van der Waals surface area contributed by atoms with Gasteiger partial charge in [0.1, 0.15) is 13.2 Å². The van der Waals surface area contributed by atoms with Gasteiger partial charge in [-0.2, -0.15) is 0 Å². The average Bonchev–Trinajstić information content (AvgIpc) is 2.46. The van der Waals surface area contributed by atoms with Crippen molar-refractivity contribution in [3.63, 3.8) is 0 Å². The molecule has 19 heavy (non-hydrogen) atoms. The molecule has 1 atom stereocenters. The van der Waals surface area contributed by atoms with Crippen LogP contribution in [0.15, 0.2) is 18.2 Å². The van der Waals surface area contributed by atoms with Crippen LogP contribution in [0.2, 0.25) is 0 Å². The monoisotopic (exact) mass is 262 g/mol. The number of hydrogen-bond donors (Lipinski definition) is 1. The maximum Gasteiger partial charge on any atom is 0.254 e. The van der Waals surface area contributed by atoms with Crippen molar-refractivity contribution in [3.05, 3.63) is 23.8 Å². The molecule has 102 valence electrons. The van der Waals surface area contributed by atoms with E-state index < -0.39 is 0 Å². The Bertz CT molecular complexity index is 490. The summed E-state index contributed by atoms with van der Waals surface area (Å²) < 4.78 is 11.0. The Labute approximate surface area is 112 Å². The van der Waals surface area contributed by atoms with Gasteiger partial charge in [0.25, 0.3) is 5.91 Å². The Kier molecular flexibility index (Phi) is 3.29. The van der Waals surface area contributed by atoms with Crippen molar-refractivity contribution < 1.29 is 14.3 Å². The Morgan fingerprint density at radius 1 is 1.26 bits per heavy atom. The number of fused-ring (bicyclic) bond motifs is 1. The van der Waals surface area contributed by atoms with Gasteiger partial charge < -0.3 is 20.1 Å². The van der Waals surface area contributed by atoms with Crippen LogP contribution in [0.1, 0.15) is 23.2 Å². The maximum atomic E-state index is 12.4. The van der Waals surface area contributed by atoms with E-state index in [4.69, 9.17) is 15.2 Å². The number of ether oxygens (including phenoxy) is 2. The Hall–Kier alpha value is -1.75. The first-order valence-electron chi connectivity index (χ1n) is 6.68. The number of likely N-dealkylation sites (tertiary alicyclic amines) is 1. The summed E-state index contributed by atoms with van der Waals surface area (Å²) in [6, 6.07) is 5.44. The van der Waals surface area contributed by atoms with Crippen LogP contribution in [0.5, 0.6) is 11.5 Å². The number of piperidine rings is 1. The SMILES string of the molecule is NC1CCCN(C(=O)c2ccc3c(c2)OCCO3)C1. The molecule has 0 spiro atoms. The molecule has 0 bridgehead atoms. The van der Waals surface area contributed by atoms with E-state index in [2.05, 4.69) is 0 Å². The molecule has 2 aliphatic rings. The molecular weight excluding hydrogens is 244 g/mol. The van der Waals surface area contributed by atoms with E-state index in [0.717, 1.165) is 19.4 Å². The number of nitrogens with zero attached hydrogens (tertiary/aromatic N) is 1. The summed E-state index contributed by atoms with van der Waals surface area (Å²) in [7, 11) is 0. The minimum Gasteiger partial charge on any atom is -0.486 e. The lowest BCUT2D eigenvalue weighted by molar-refractivity contribution is 0.0707. The molecule has 1 unspecified atom stereocenters. The highest BCUT2D eigenvalue weighted by molar-refractivity contribution is 5.95. The number of nitrogens with two attached hydrogens (primary N) is 1. The van der Waals surface area contributed by atoms with Gasteiger partial charge in [-0.25, -0.2) is 0 Å². The Morgan fingerprint density at radius 2 is 2.05 bits per heavy atom. The second kappa shape index (κ2) is 5.09. The largest absolute Gasteiger partial charge is 0.486 e. The van der Waals surface area contributed by atoms with Crippen LogP contribution in [0.4, 0.5) is 0 Å². The summed E-state index contributed by atoms with van der Waals surface area (Å²) in [6.45, 7) is 2.49. The molecule has 2 heterocycles. The van der Waals surface area contributed by atoms with Crippen LogP contribution in [0, 0.1) is 0 Å². The van der Waals surface area contributed by atoms with Crippen LogP contribution >= 0.6 is 0 Å². The van der Waals surface area contributed by atoms with E-state index in [1.807, 2.05) is 4.90 Å². The Morgan fingerprint density at radius 3 is 2.84 bits per heavy atom. The van der Waals surface area contributed by atoms with Crippen molar-refractivity contribution >= 4 is 5.91 Å². The molecule has 0 aromatic heterocycles. The number of benzene rings is 1. The van der Waals surface area contributed by atoms with Crippen LogP contribution in [-0.2, 0) is 0 Å². The molecule has 5 heteroatoms. The molecule has 1 amide bonds. The van der Waals surface area contributed by atoms with Gasteiger partial charge in [0, 0.05) is 24.7 Å². The van der Waals surface area contributed by atoms with Gasteiger partial charge in [-0.3, -0.25) is 4.79 Å². The molecule has 1 aromatic carbocycles. The normalized spacial score (nSPS) is 22.2. The van der Waals surface area contributed by atoms with Gasteiger partial charge in [0.2, 0.25) is 0 Å². The Balaban J connectivity index is 1.79. The van der Waals surface area contributed by atoms with Gasteiger partial charge in [0.15, 0.2) is 11.5 Å². The summed E-state index contributed by atoms with van der Waals surface area (Å²) in [6.07, 6.45) is 1.96. The molecule has 1 fully saturated rings. The van der Waals surface area contributed by atoms with Gasteiger partial charge in [0.05, 0.1) is 0 Å². The molecular formula is C14H18N2O3. The lowest BCUT2D eigenvalue weighted by Crippen LogP contribution is -2.45. The second-order valence-corrected chi connectivity index (χ2v) is 5.01. The average molecular weight is 262 g/mol. The smallest absolute Gasteiger partial charge is 0.254 e. The van der Waals surface area contributed by atoms with Crippen molar-refractivity contribution in [1.82, 2.24) is 4.90 Å². The lowest BCUT2D eigenvalue weighted by atomic mass is 10.1. The molecule has 0 saturated carbocycles. The standard InChI is InChI=1S/C14H18N2O3/c15-11-2-1-5-16(9-11)14(17)10-3-4-12-13(8-10)19-7-6-18-12/h3-4,8,11H,1-2,5-7,9,15H2. The third-order valence-electron chi connectivity index (χ3n) is 3.53. The van der Waals surface area contributed by atoms with E-state index in [9.17, 15) is 4.79 Å². The first kappa shape index (κ1) is 12.3. The van der Waals surface area contributed by atoms with Crippen molar-refractivity contribution in [2.45, 2.75) is 18.9 Å². The first-order chi connectivity index (χ1) is 9.24. The molecule has 0 aliphatic carbocycles. The van der Waals surface area contributed by atoms with Crippen LogP contribution in [-0.4, -0.2) is 43.2 Å². The number of carbonyl (C=O) groups is 1. The minimum absolute atomic E-state index is 0.0205. The fraction of sp³-hybridized carbons (Fsp3) is 0.500. The zero-order chi connectivity index (χ0) is 13.2. The molecule has 2 aliphatic heterocycles. The minimum atomic E-state index is 0.0205. The topological polar surface area (TPSA) is 64.8 Å². The third-order valence-corrected chi connectivity index (χ3v) is 3.53. The van der Waals surface area contributed by atoms with Gasteiger partial charge in [-0.15, -0.1) is 0 Å². The van der Waals surface area contributed by atoms with Gasteiger partial charge in [-0.1, -0.05) is 0 Å². The predicted octanol–water partition coefficient (Wildman–Crippen LogP) is 1.02. The molecule has 2 N–H and O–H groups in total. The van der Waals surface area contributed by atoms with Crippen LogP contribution in [0.3, 0.4) is 0 Å². The number of hydrogen-bond acceptors (Lipinski definition) is 4. The van der Waals surface area contributed by atoms with Crippen molar-refractivity contribution in [2.24, 2.45) is 5.73 Å². The van der Waals surface area contributed by atoms with Gasteiger partial charge >= 0.3 is 0 Å². The predicted molar refractivity (Wildman–Crippen MR) is 70.5 cm³/mol. The zero-order valence-corrected chi connectivity index (χ0v) is 10.8. The van der Waals surface area contributed by atoms with E-state index in [1.165, 1.54) is 0 Å². The number of amides is 1. The molecule has 3 rings (SSSR count). The highest BCUT2D eigenvalue weighted by atomic mass is 16.6. The second-order valence-electron chi connectivity index (χ2n) is 5.01. The van der Waals surface area contributed by atoms with Crippen molar-refractivity contribution in [1.29, 1.82) is 0 Å². The molecule has 1 saturated heterocycles. The summed E-state index contributed by atoms with van der Waals surface area (Å²) in [5.41, 5.74) is 6.55. The van der Waals surface area contributed by atoms with E-state index >= 15 is 0 Å². The highest BCUT2D eigenvalue weighted by Gasteiger charge is 2.23. The van der Waals surface area contributed by atoms with Crippen LogP contribution in [0.25, 0.3) is 0 Å². The molecule has 0 radical (unpaired) electrons. The van der Waals surface area contributed by atoms with Gasteiger partial charge in [-0.05, 0) is 31.0 Å². The molecule has 1 aromatic rings. The number of carbonyl (C=O) groups excluding carboxylic acids is 1. The van der Waals surface area contributed by atoms with E-state index in [0.29, 0.717) is 36.8 Å². The maximum absolute atomic E-state index is 12.4. The lowest BCUT2D eigenvalue weighted by Gasteiger charge is -2.31. The van der Waals surface area contributed by atoms with Crippen molar-refractivity contribution in [2.75, 3.05) is 26.3 Å². The summed E-state index contributed by atoms with van der Waals surface area (Å²) in [5, 5.41) is 0.